The van der Waals surface area contributed by atoms with E-state index < -0.39 is 20.8 Å². The summed E-state index contributed by atoms with van der Waals surface area (Å²) in [4.78, 5) is 0.961. The lowest BCUT2D eigenvalue weighted by Crippen LogP contribution is -2.14. The number of hydrogen-bond donors (Lipinski definition) is 1. The van der Waals surface area contributed by atoms with E-state index >= 15 is 0 Å². The van der Waals surface area contributed by atoms with Crippen LogP contribution in [0.4, 0.5) is 5.69 Å². The average Bonchev–Trinajstić information content (AvgIpc) is 2.54. The first-order valence-electron chi connectivity index (χ1n) is 7.54. The zero-order chi connectivity index (χ0) is 16.4. The third kappa shape index (κ3) is 3.64. The molecule has 3 rings (SSSR count). The molecule has 6 heteroatoms. The Morgan fingerprint density at radius 1 is 0.957 bits per heavy atom. The van der Waals surface area contributed by atoms with Crippen LogP contribution in [0.3, 0.4) is 0 Å². The van der Waals surface area contributed by atoms with E-state index in [1.54, 1.807) is 42.7 Å². The van der Waals surface area contributed by atoms with Crippen molar-refractivity contribution in [3.8, 4) is 0 Å². The molecule has 2 aromatic rings. The molecule has 4 nitrogen and oxygen atoms in total. The van der Waals surface area contributed by atoms with Crippen LogP contribution in [-0.2, 0) is 33.7 Å². The van der Waals surface area contributed by atoms with E-state index in [1.807, 2.05) is 6.07 Å². The van der Waals surface area contributed by atoms with Crippen molar-refractivity contribution >= 4 is 26.5 Å². The Labute approximate surface area is 139 Å². The number of rotatable bonds is 4. The fraction of sp³-hybridized carbons (Fsp3) is 0.294. The third-order valence-corrected chi connectivity index (χ3v) is 6.38. The highest BCUT2D eigenvalue weighted by Crippen LogP contribution is 2.25. The molecule has 0 radical (unpaired) electrons. The van der Waals surface area contributed by atoms with Gasteiger partial charge < -0.3 is 0 Å². The van der Waals surface area contributed by atoms with Gasteiger partial charge in [-0.15, -0.1) is 0 Å². The molecule has 0 unspecified atom stereocenters. The quantitative estimate of drug-likeness (QED) is 0.922. The molecule has 0 saturated carbocycles. The number of fused-ring (bicyclic) bond motifs is 1. The lowest BCUT2D eigenvalue weighted by Gasteiger charge is -2.17. The molecule has 1 aliphatic carbocycles. The van der Waals surface area contributed by atoms with Crippen LogP contribution < -0.4 is 4.72 Å². The number of hydrogen-bond acceptors (Lipinski definition) is 3. The molecule has 1 aliphatic rings. The predicted molar refractivity (Wildman–Crippen MR) is 92.7 cm³/mol. The van der Waals surface area contributed by atoms with Crippen LogP contribution in [0.1, 0.15) is 24.0 Å². The summed E-state index contributed by atoms with van der Waals surface area (Å²) in [5, 5.41) is 0. The normalized spacial score (nSPS) is 15.7. The van der Waals surface area contributed by atoms with Crippen LogP contribution in [0.2, 0.25) is 0 Å². The maximum Gasteiger partial charge on any atom is 0.261 e. The van der Waals surface area contributed by atoms with Gasteiger partial charge in [0.25, 0.3) is 10.0 Å². The smallest absolute Gasteiger partial charge is 0.261 e. The van der Waals surface area contributed by atoms with Gasteiger partial charge in [0.15, 0.2) is 0 Å². The van der Waals surface area contributed by atoms with Gasteiger partial charge in [-0.2, -0.15) is 0 Å². The number of sulfonamides is 1. The van der Waals surface area contributed by atoms with E-state index in [9.17, 15) is 12.6 Å². The fourth-order valence-electron chi connectivity index (χ4n) is 2.81. The standard InChI is InChI=1S/C17H19NO3S2/c1-22(19)16-9-7-15(8-10-16)18-23(20,21)17-11-6-13-4-2-3-5-14(13)12-17/h6-12,18H,2-5H2,1H3/t22-/m0/s1. The van der Waals surface area contributed by atoms with Gasteiger partial charge in [0.2, 0.25) is 0 Å². The first-order chi connectivity index (χ1) is 11.0. The maximum atomic E-state index is 12.5. The SMILES string of the molecule is C[S@](=O)c1ccc(NS(=O)(=O)c2ccc3c(c2)CCCC3)cc1. The van der Waals surface area contributed by atoms with Gasteiger partial charge in [0, 0.05) is 27.6 Å². The van der Waals surface area contributed by atoms with Gasteiger partial charge in [-0.25, -0.2) is 8.42 Å². The molecule has 0 heterocycles. The van der Waals surface area contributed by atoms with Crippen molar-refractivity contribution in [2.45, 2.75) is 35.5 Å². The van der Waals surface area contributed by atoms with Gasteiger partial charge in [-0.05, 0) is 73.2 Å². The Morgan fingerprint density at radius 3 is 2.26 bits per heavy atom. The van der Waals surface area contributed by atoms with Gasteiger partial charge in [-0.1, -0.05) is 6.07 Å². The van der Waals surface area contributed by atoms with Crippen molar-refractivity contribution in [2.24, 2.45) is 0 Å². The number of aryl methyl sites for hydroxylation is 2. The Hall–Kier alpha value is -1.66. The lowest BCUT2D eigenvalue weighted by atomic mass is 9.92. The summed E-state index contributed by atoms with van der Waals surface area (Å²) in [6, 6.07) is 12.0. The minimum Gasteiger partial charge on any atom is -0.280 e. The van der Waals surface area contributed by atoms with Crippen molar-refractivity contribution in [3.63, 3.8) is 0 Å². The number of nitrogens with one attached hydrogen (secondary N) is 1. The van der Waals surface area contributed by atoms with E-state index in [4.69, 9.17) is 0 Å². The Kier molecular flexibility index (Phi) is 4.55. The van der Waals surface area contributed by atoms with E-state index in [2.05, 4.69) is 4.72 Å². The summed E-state index contributed by atoms with van der Waals surface area (Å²) in [5.41, 5.74) is 2.86. The molecule has 23 heavy (non-hydrogen) atoms. The van der Waals surface area contributed by atoms with E-state index in [0.29, 0.717) is 15.5 Å². The van der Waals surface area contributed by atoms with Crippen LogP contribution in [0.15, 0.2) is 52.3 Å². The highest BCUT2D eigenvalue weighted by molar-refractivity contribution is 7.92. The number of benzene rings is 2. The molecule has 0 fully saturated rings. The monoisotopic (exact) mass is 349 g/mol. The molecular weight excluding hydrogens is 330 g/mol. The van der Waals surface area contributed by atoms with Gasteiger partial charge >= 0.3 is 0 Å². The van der Waals surface area contributed by atoms with E-state index in [-0.39, 0.29) is 0 Å². The molecule has 0 spiro atoms. The Balaban J connectivity index is 1.85. The van der Waals surface area contributed by atoms with E-state index in [0.717, 1.165) is 24.8 Å². The minimum atomic E-state index is -3.61. The van der Waals surface area contributed by atoms with Crippen molar-refractivity contribution in [1.82, 2.24) is 0 Å². The summed E-state index contributed by atoms with van der Waals surface area (Å²) in [6.07, 6.45) is 5.84. The topological polar surface area (TPSA) is 63.2 Å². The third-order valence-electron chi connectivity index (χ3n) is 4.07. The second kappa shape index (κ2) is 6.45. The van der Waals surface area contributed by atoms with Crippen LogP contribution in [0.25, 0.3) is 0 Å². The van der Waals surface area contributed by atoms with Gasteiger partial charge in [-0.3, -0.25) is 8.93 Å². The Bertz CT molecular complexity index is 843. The van der Waals surface area contributed by atoms with Gasteiger partial charge in [0.05, 0.1) is 4.90 Å². The zero-order valence-electron chi connectivity index (χ0n) is 12.9. The highest BCUT2D eigenvalue weighted by Gasteiger charge is 2.17. The lowest BCUT2D eigenvalue weighted by molar-refractivity contribution is 0.600. The summed E-state index contributed by atoms with van der Waals surface area (Å²) >= 11 is 0. The van der Waals surface area contributed by atoms with Crippen LogP contribution in [0, 0.1) is 0 Å². The molecule has 0 aliphatic heterocycles. The average molecular weight is 349 g/mol. The molecule has 122 valence electrons. The molecule has 0 aromatic heterocycles. The predicted octanol–water partition coefficient (Wildman–Crippen LogP) is 3.10. The number of anilines is 1. The molecule has 2 aromatic carbocycles. The second-order valence-electron chi connectivity index (χ2n) is 5.72. The Morgan fingerprint density at radius 2 is 1.61 bits per heavy atom. The largest absolute Gasteiger partial charge is 0.280 e. The van der Waals surface area contributed by atoms with Crippen molar-refractivity contribution in [2.75, 3.05) is 11.0 Å². The first-order valence-corrected chi connectivity index (χ1v) is 10.6. The second-order valence-corrected chi connectivity index (χ2v) is 8.78. The van der Waals surface area contributed by atoms with Crippen LogP contribution in [-0.4, -0.2) is 18.9 Å². The van der Waals surface area contributed by atoms with Crippen molar-refractivity contribution in [3.05, 3.63) is 53.6 Å². The molecular formula is C17H19NO3S2. The first kappa shape index (κ1) is 16.2. The summed E-state index contributed by atoms with van der Waals surface area (Å²) in [6.45, 7) is 0. The van der Waals surface area contributed by atoms with Crippen LogP contribution >= 0.6 is 0 Å². The maximum absolute atomic E-state index is 12.5. The summed E-state index contributed by atoms with van der Waals surface area (Å²) in [5.74, 6) is 0. The molecule has 1 N–H and O–H groups in total. The van der Waals surface area contributed by atoms with Gasteiger partial charge in [0.1, 0.15) is 0 Å². The van der Waals surface area contributed by atoms with Crippen molar-refractivity contribution < 1.29 is 12.6 Å². The van der Waals surface area contributed by atoms with E-state index in [1.165, 1.54) is 12.0 Å². The molecule has 0 amide bonds. The molecule has 1 atom stereocenters. The highest BCUT2D eigenvalue weighted by atomic mass is 32.2. The zero-order valence-corrected chi connectivity index (χ0v) is 14.5. The summed E-state index contributed by atoms with van der Waals surface area (Å²) in [7, 11) is -4.68. The van der Waals surface area contributed by atoms with Crippen LogP contribution in [0.5, 0.6) is 0 Å². The molecule has 0 bridgehead atoms. The fourth-order valence-corrected chi connectivity index (χ4v) is 4.43. The van der Waals surface area contributed by atoms with Crippen molar-refractivity contribution in [1.29, 1.82) is 0 Å². The minimum absolute atomic E-state index is 0.293. The summed E-state index contributed by atoms with van der Waals surface area (Å²) < 4.78 is 39.0. The molecule has 0 saturated heterocycles.